The summed E-state index contributed by atoms with van der Waals surface area (Å²) in [6.07, 6.45) is -0.594. The van der Waals surface area contributed by atoms with Crippen molar-refractivity contribution in [2.45, 2.75) is 11.0 Å². The van der Waals surface area contributed by atoms with Gasteiger partial charge in [0.05, 0.1) is 11.5 Å². The topological polar surface area (TPSA) is 55.8 Å². The Kier molecular flexibility index (Phi) is 5.91. The van der Waals surface area contributed by atoms with Gasteiger partial charge in [0.15, 0.2) is 11.6 Å². The molecule has 1 aliphatic heterocycles. The quantitative estimate of drug-likeness (QED) is 0.705. The smallest absolute Gasteiger partial charge is 0.244 e. The average Bonchev–Trinajstić information content (AvgIpc) is 2.63. The first-order valence-electron chi connectivity index (χ1n) is 7.82. The fraction of sp³-hybridized carbons (Fsp3) is 0.294. The summed E-state index contributed by atoms with van der Waals surface area (Å²) in [6.45, 7) is 0.348. The summed E-state index contributed by atoms with van der Waals surface area (Å²) in [5.41, 5.74) is 0. The number of rotatable bonds is 5. The molecule has 3 rings (SSSR count). The summed E-state index contributed by atoms with van der Waals surface area (Å²) in [4.78, 5) is 0.165. The third-order valence-electron chi connectivity index (χ3n) is 3.87. The summed E-state index contributed by atoms with van der Waals surface area (Å²) in [7, 11) is -3.71. The van der Waals surface area contributed by atoms with E-state index < -0.39 is 27.8 Å². The molecule has 0 saturated carbocycles. The van der Waals surface area contributed by atoms with Crippen LogP contribution in [0.4, 0.5) is 8.78 Å². The van der Waals surface area contributed by atoms with E-state index in [1.807, 2.05) is 0 Å². The van der Waals surface area contributed by atoms with E-state index >= 15 is 0 Å². The molecule has 2 aromatic rings. The highest BCUT2D eigenvalue weighted by Gasteiger charge is 2.32. The van der Waals surface area contributed by atoms with Crippen LogP contribution in [0, 0.1) is 11.6 Å². The SMILES string of the molecule is O=S(=O)(c1ccccc1Br)N1CCOC(COc2cc(F)ccc2F)C1. The lowest BCUT2D eigenvalue weighted by molar-refractivity contribution is -0.0255. The maximum Gasteiger partial charge on any atom is 0.244 e. The summed E-state index contributed by atoms with van der Waals surface area (Å²) >= 11 is 3.25. The molecule has 0 N–H and O–H groups in total. The number of halogens is 3. The van der Waals surface area contributed by atoms with Gasteiger partial charge < -0.3 is 9.47 Å². The first kappa shape index (κ1) is 19.2. The third kappa shape index (κ3) is 4.22. The fourth-order valence-corrected chi connectivity index (χ4v) is 4.99. The molecule has 9 heteroatoms. The van der Waals surface area contributed by atoms with Crippen molar-refractivity contribution in [2.75, 3.05) is 26.3 Å². The number of nitrogens with zero attached hydrogens (tertiary/aromatic N) is 1. The first-order chi connectivity index (χ1) is 12.4. The standard InChI is InChI=1S/C17H16BrF2NO4S/c18-14-3-1-2-4-17(14)26(22,23)21-7-8-24-13(10-21)11-25-16-9-12(19)5-6-15(16)20/h1-6,9,13H,7-8,10-11H2. The lowest BCUT2D eigenvalue weighted by Crippen LogP contribution is -2.47. The van der Waals surface area contributed by atoms with E-state index in [1.54, 1.807) is 18.2 Å². The number of hydrogen-bond donors (Lipinski definition) is 0. The summed E-state index contributed by atoms with van der Waals surface area (Å²) in [5.74, 6) is -1.55. The van der Waals surface area contributed by atoms with Crippen molar-refractivity contribution in [3.63, 3.8) is 0 Å². The molecule has 0 aliphatic carbocycles. The molecule has 0 aromatic heterocycles. The first-order valence-corrected chi connectivity index (χ1v) is 10.1. The van der Waals surface area contributed by atoms with Gasteiger partial charge in [0, 0.05) is 23.6 Å². The highest BCUT2D eigenvalue weighted by atomic mass is 79.9. The van der Waals surface area contributed by atoms with Crippen LogP contribution in [0.25, 0.3) is 0 Å². The Bertz CT molecular complexity index is 894. The van der Waals surface area contributed by atoms with Gasteiger partial charge in [-0.1, -0.05) is 12.1 Å². The molecule has 26 heavy (non-hydrogen) atoms. The second kappa shape index (κ2) is 7.99. The van der Waals surface area contributed by atoms with Crippen molar-refractivity contribution >= 4 is 26.0 Å². The molecule has 1 unspecified atom stereocenters. The Labute approximate surface area is 158 Å². The van der Waals surface area contributed by atoms with E-state index in [4.69, 9.17) is 9.47 Å². The van der Waals surface area contributed by atoms with Crippen LogP contribution in [0.3, 0.4) is 0 Å². The molecule has 2 aromatic carbocycles. The molecule has 140 valence electrons. The minimum Gasteiger partial charge on any atom is -0.488 e. The maximum atomic E-state index is 13.6. The van der Waals surface area contributed by atoms with Gasteiger partial charge >= 0.3 is 0 Å². The van der Waals surface area contributed by atoms with E-state index in [2.05, 4.69) is 15.9 Å². The molecule has 1 fully saturated rings. The van der Waals surface area contributed by atoms with Crippen molar-refractivity contribution in [1.29, 1.82) is 0 Å². The largest absolute Gasteiger partial charge is 0.488 e. The minimum absolute atomic E-state index is 0.0562. The maximum absolute atomic E-state index is 13.6. The molecule has 0 spiro atoms. The Balaban J connectivity index is 1.69. The minimum atomic E-state index is -3.71. The molecule has 1 aliphatic rings. The second-order valence-electron chi connectivity index (χ2n) is 5.67. The van der Waals surface area contributed by atoms with E-state index in [9.17, 15) is 17.2 Å². The molecule has 1 heterocycles. The van der Waals surface area contributed by atoms with Crippen LogP contribution in [-0.4, -0.2) is 45.1 Å². The highest BCUT2D eigenvalue weighted by molar-refractivity contribution is 9.10. The van der Waals surface area contributed by atoms with Crippen LogP contribution in [0.15, 0.2) is 51.8 Å². The van der Waals surface area contributed by atoms with Gasteiger partial charge in [-0.2, -0.15) is 4.31 Å². The highest BCUT2D eigenvalue weighted by Crippen LogP contribution is 2.26. The lowest BCUT2D eigenvalue weighted by atomic mass is 10.3. The molecular formula is C17H16BrF2NO4S. The normalized spacial score (nSPS) is 18.7. The van der Waals surface area contributed by atoms with Gasteiger partial charge in [0.25, 0.3) is 0 Å². The van der Waals surface area contributed by atoms with Crippen molar-refractivity contribution in [3.05, 3.63) is 58.6 Å². The Morgan fingerprint density at radius 3 is 2.77 bits per heavy atom. The van der Waals surface area contributed by atoms with Crippen molar-refractivity contribution < 1.29 is 26.7 Å². The predicted molar refractivity (Wildman–Crippen MR) is 94.5 cm³/mol. The lowest BCUT2D eigenvalue weighted by Gasteiger charge is -2.32. The zero-order chi connectivity index (χ0) is 18.7. The number of sulfonamides is 1. The van der Waals surface area contributed by atoms with Crippen LogP contribution >= 0.6 is 15.9 Å². The molecule has 1 atom stereocenters. The van der Waals surface area contributed by atoms with Crippen LogP contribution < -0.4 is 4.74 Å². The molecular weight excluding hydrogens is 432 g/mol. The molecule has 1 saturated heterocycles. The summed E-state index contributed by atoms with van der Waals surface area (Å²) in [5, 5.41) is 0. The van der Waals surface area contributed by atoms with Gasteiger partial charge in [0.1, 0.15) is 18.5 Å². The van der Waals surface area contributed by atoms with Crippen LogP contribution in [-0.2, 0) is 14.8 Å². The third-order valence-corrected chi connectivity index (χ3v) is 6.75. The van der Waals surface area contributed by atoms with Gasteiger partial charge in [0.2, 0.25) is 10.0 Å². The molecule has 5 nitrogen and oxygen atoms in total. The Morgan fingerprint density at radius 2 is 2.00 bits per heavy atom. The van der Waals surface area contributed by atoms with Crippen molar-refractivity contribution in [2.24, 2.45) is 0 Å². The second-order valence-corrected chi connectivity index (χ2v) is 8.43. The molecule has 0 radical (unpaired) electrons. The monoisotopic (exact) mass is 447 g/mol. The van der Waals surface area contributed by atoms with E-state index in [-0.39, 0.29) is 36.9 Å². The number of ether oxygens (including phenoxy) is 2. The Morgan fingerprint density at radius 1 is 1.23 bits per heavy atom. The fourth-order valence-electron chi connectivity index (χ4n) is 2.57. The van der Waals surface area contributed by atoms with E-state index in [1.165, 1.54) is 10.4 Å². The molecule has 0 amide bonds. The number of hydrogen-bond acceptors (Lipinski definition) is 4. The number of morpholine rings is 1. The zero-order valence-corrected chi connectivity index (χ0v) is 16.0. The van der Waals surface area contributed by atoms with Gasteiger partial charge in [-0.25, -0.2) is 17.2 Å². The van der Waals surface area contributed by atoms with Crippen LogP contribution in [0.1, 0.15) is 0 Å². The van der Waals surface area contributed by atoms with Crippen LogP contribution in [0.2, 0.25) is 0 Å². The van der Waals surface area contributed by atoms with Crippen LogP contribution in [0.5, 0.6) is 5.75 Å². The number of benzene rings is 2. The van der Waals surface area contributed by atoms with Crippen molar-refractivity contribution in [1.82, 2.24) is 4.31 Å². The van der Waals surface area contributed by atoms with Gasteiger partial charge in [-0.3, -0.25) is 0 Å². The predicted octanol–water partition coefficient (Wildman–Crippen LogP) is 3.20. The Hall–Kier alpha value is -1.55. The van der Waals surface area contributed by atoms with E-state index in [0.29, 0.717) is 4.47 Å². The van der Waals surface area contributed by atoms with E-state index in [0.717, 1.165) is 18.2 Å². The zero-order valence-electron chi connectivity index (χ0n) is 13.6. The van der Waals surface area contributed by atoms with Crippen molar-refractivity contribution in [3.8, 4) is 5.75 Å². The molecule has 0 bridgehead atoms. The summed E-state index contributed by atoms with van der Waals surface area (Å²) in [6, 6.07) is 9.44. The van der Waals surface area contributed by atoms with Gasteiger partial charge in [-0.05, 0) is 40.2 Å². The average molecular weight is 448 g/mol. The van der Waals surface area contributed by atoms with Gasteiger partial charge in [-0.15, -0.1) is 0 Å². The summed E-state index contributed by atoms with van der Waals surface area (Å²) < 4.78 is 65.0.